The molecule has 0 fully saturated rings. The summed E-state index contributed by atoms with van der Waals surface area (Å²) in [7, 11) is 0. The number of pyridine rings is 1. The maximum atomic E-state index is 10.1. The summed E-state index contributed by atoms with van der Waals surface area (Å²) in [5.41, 5.74) is 2.16. The van der Waals surface area contributed by atoms with Crippen LogP contribution in [0.2, 0.25) is 10.0 Å². The Morgan fingerprint density at radius 1 is 1.10 bits per heavy atom. The van der Waals surface area contributed by atoms with Crippen molar-refractivity contribution in [2.75, 3.05) is 0 Å². The van der Waals surface area contributed by atoms with Crippen LogP contribution in [0.25, 0.3) is 16.8 Å². The number of rotatable bonds is 1. The molecule has 3 rings (SSSR count). The zero-order valence-corrected chi connectivity index (χ0v) is 11.9. The quantitative estimate of drug-likeness (QED) is 0.713. The van der Waals surface area contributed by atoms with E-state index in [1.54, 1.807) is 29.9 Å². The highest BCUT2D eigenvalue weighted by atomic mass is 35.5. The number of imidazole rings is 1. The molecule has 0 amide bonds. The topological polar surface area (TPSA) is 57.8 Å². The van der Waals surface area contributed by atoms with Gasteiger partial charge in [0, 0.05) is 29.2 Å². The van der Waals surface area contributed by atoms with Gasteiger partial charge in [0.2, 0.25) is 0 Å². The zero-order chi connectivity index (χ0) is 14.4. The van der Waals surface area contributed by atoms with Gasteiger partial charge < -0.3 is 14.6 Å². The molecule has 0 aliphatic heterocycles. The molecule has 0 radical (unpaired) electrons. The van der Waals surface area contributed by atoms with E-state index in [9.17, 15) is 10.2 Å². The standard InChI is InChI=1S/C14H10Cl2N2O2/c1-7-9(16)6-18-3-2-17-14(18)12(7)13-10(19)4-8(15)5-11(13)20/h2-6,19-20H,1H3. The Balaban J connectivity index is 2.46. The number of fused-ring (bicyclic) bond motifs is 1. The first-order chi connectivity index (χ1) is 9.49. The van der Waals surface area contributed by atoms with Gasteiger partial charge in [0.1, 0.15) is 17.1 Å². The Morgan fingerprint density at radius 3 is 2.40 bits per heavy atom. The molecule has 0 unspecified atom stereocenters. The van der Waals surface area contributed by atoms with E-state index in [1.165, 1.54) is 12.1 Å². The molecule has 2 N–H and O–H groups in total. The van der Waals surface area contributed by atoms with Crippen LogP contribution in [0.4, 0.5) is 0 Å². The third-order valence-electron chi connectivity index (χ3n) is 3.19. The largest absolute Gasteiger partial charge is 0.507 e. The molecule has 0 saturated heterocycles. The normalized spacial score (nSPS) is 11.2. The molecule has 0 saturated carbocycles. The molecule has 0 bridgehead atoms. The third-order valence-corrected chi connectivity index (χ3v) is 3.79. The lowest BCUT2D eigenvalue weighted by molar-refractivity contribution is 0.454. The number of benzene rings is 1. The molecule has 20 heavy (non-hydrogen) atoms. The summed E-state index contributed by atoms with van der Waals surface area (Å²) in [6, 6.07) is 2.74. The van der Waals surface area contributed by atoms with Gasteiger partial charge >= 0.3 is 0 Å². The van der Waals surface area contributed by atoms with Crippen LogP contribution in [0.1, 0.15) is 5.56 Å². The van der Waals surface area contributed by atoms with Crippen LogP contribution in [0.15, 0.2) is 30.7 Å². The molecule has 2 heterocycles. The fourth-order valence-electron chi connectivity index (χ4n) is 2.25. The van der Waals surface area contributed by atoms with E-state index >= 15 is 0 Å². The van der Waals surface area contributed by atoms with E-state index in [4.69, 9.17) is 23.2 Å². The van der Waals surface area contributed by atoms with Crippen molar-refractivity contribution in [3.8, 4) is 22.6 Å². The number of phenols is 2. The second-order valence-corrected chi connectivity index (χ2v) is 5.30. The van der Waals surface area contributed by atoms with Gasteiger partial charge in [-0.3, -0.25) is 0 Å². The predicted molar refractivity (Wildman–Crippen MR) is 78.7 cm³/mol. The summed E-state index contributed by atoms with van der Waals surface area (Å²) < 4.78 is 1.73. The molecule has 2 aromatic heterocycles. The van der Waals surface area contributed by atoms with E-state index in [0.29, 0.717) is 16.2 Å². The molecule has 3 aromatic rings. The van der Waals surface area contributed by atoms with E-state index in [1.807, 2.05) is 0 Å². The number of aromatic nitrogens is 2. The van der Waals surface area contributed by atoms with Gasteiger partial charge in [0.05, 0.1) is 10.6 Å². The van der Waals surface area contributed by atoms with Crippen LogP contribution in [0.5, 0.6) is 11.5 Å². The number of nitrogens with zero attached hydrogens (tertiary/aromatic N) is 2. The molecular formula is C14H10Cl2N2O2. The zero-order valence-electron chi connectivity index (χ0n) is 10.4. The van der Waals surface area contributed by atoms with E-state index in [0.717, 1.165) is 5.56 Å². The molecular weight excluding hydrogens is 299 g/mol. The van der Waals surface area contributed by atoms with Crippen molar-refractivity contribution in [2.24, 2.45) is 0 Å². The van der Waals surface area contributed by atoms with Crippen LogP contribution in [0, 0.1) is 6.92 Å². The first-order valence-electron chi connectivity index (χ1n) is 5.82. The van der Waals surface area contributed by atoms with Crippen molar-refractivity contribution in [1.29, 1.82) is 0 Å². The Hall–Kier alpha value is -1.91. The summed E-state index contributed by atoms with van der Waals surface area (Å²) in [5, 5.41) is 21.0. The molecule has 0 atom stereocenters. The van der Waals surface area contributed by atoms with Gasteiger partial charge in [-0.1, -0.05) is 23.2 Å². The van der Waals surface area contributed by atoms with Crippen molar-refractivity contribution in [3.63, 3.8) is 0 Å². The second-order valence-electron chi connectivity index (χ2n) is 4.45. The summed E-state index contributed by atoms with van der Waals surface area (Å²) in [4.78, 5) is 4.25. The molecule has 6 heteroatoms. The van der Waals surface area contributed by atoms with Crippen molar-refractivity contribution in [1.82, 2.24) is 9.38 Å². The average Bonchev–Trinajstić information content (AvgIpc) is 2.80. The summed E-state index contributed by atoms with van der Waals surface area (Å²) in [6.45, 7) is 1.81. The van der Waals surface area contributed by atoms with Crippen LogP contribution in [0.3, 0.4) is 0 Å². The molecule has 0 aliphatic rings. The van der Waals surface area contributed by atoms with Crippen LogP contribution < -0.4 is 0 Å². The highest BCUT2D eigenvalue weighted by molar-refractivity contribution is 6.32. The van der Waals surface area contributed by atoms with Gasteiger partial charge in [-0.2, -0.15) is 0 Å². The lowest BCUT2D eigenvalue weighted by atomic mass is 10.00. The summed E-state index contributed by atoms with van der Waals surface area (Å²) in [6.07, 6.45) is 5.10. The summed E-state index contributed by atoms with van der Waals surface area (Å²) in [5.74, 6) is -0.240. The van der Waals surface area contributed by atoms with Gasteiger partial charge in [-0.15, -0.1) is 0 Å². The van der Waals surface area contributed by atoms with Crippen LogP contribution in [-0.2, 0) is 0 Å². The Kier molecular flexibility index (Phi) is 3.00. The highest BCUT2D eigenvalue weighted by Crippen LogP contribution is 2.43. The van der Waals surface area contributed by atoms with Crippen molar-refractivity contribution < 1.29 is 10.2 Å². The lowest BCUT2D eigenvalue weighted by Gasteiger charge is -2.13. The third kappa shape index (κ3) is 1.88. The summed E-state index contributed by atoms with van der Waals surface area (Å²) >= 11 is 12.0. The highest BCUT2D eigenvalue weighted by Gasteiger charge is 2.19. The minimum absolute atomic E-state index is 0.120. The number of phenolic OH excluding ortho intramolecular Hbond substituents is 2. The van der Waals surface area contributed by atoms with Gasteiger partial charge in [-0.05, 0) is 24.6 Å². The van der Waals surface area contributed by atoms with E-state index in [2.05, 4.69) is 4.98 Å². The molecule has 0 spiro atoms. The first kappa shape index (κ1) is 13.1. The number of hydrogen-bond acceptors (Lipinski definition) is 3. The lowest BCUT2D eigenvalue weighted by Crippen LogP contribution is -1.94. The Morgan fingerprint density at radius 2 is 1.75 bits per heavy atom. The minimum Gasteiger partial charge on any atom is -0.507 e. The predicted octanol–water partition coefficient (Wildman–Crippen LogP) is 4.03. The van der Waals surface area contributed by atoms with Crippen molar-refractivity contribution in [2.45, 2.75) is 6.92 Å². The number of halogens is 2. The molecule has 0 aliphatic carbocycles. The van der Waals surface area contributed by atoms with E-state index < -0.39 is 0 Å². The van der Waals surface area contributed by atoms with Gasteiger partial charge in [0.15, 0.2) is 0 Å². The SMILES string of the molecule is Cc1c(Cl)cn2ccnc2c1-c1c(O)cc(Cl)cc1O. The van der Waals surface area contributed by atoms with E-state index in [-0.39, 0.29) is 22.1 Å². The number of hydrogen-bond donors (Lipinski definition) is 2. The minimum atomic E-state index is -0.120. The Labute approximate surface area is 124 Å². The second kappa shape index (κ2) is 4.58. The molecule has 102 valence electrons. The fourth-order valence-corrected chi connectivity index (χ4v) is 2.66. The van der Waals surface area contributed by atoms with Crippen LogP contribution in [-0.4, -0.2) is 19.6 Å². The Bertz CT molecular complexity index is 804. The van der Waals surface area contributed by atoms with Crippen molar-refractivity contribution >= 4 is 28.8 Å². The maximum absolute atomic E-state index is 10.1. The molecule has 4 nitrogen and oxygen atoms in total. The smallest absolute Gasteiger partial charge is 0.145 e. The molecule has 1 aromatic carbocycles. The van der Waals surface area contributed by atoms with Gasteiger partial charge in [-0.25, -0.2) is 4.98 Å². The first-order valence-corrected chi connectivity index (χ1v) is 6.58. The number of aromatic hydroxyl groups is 2. The van der Waals surface area contributed by atoms with Crippen LogP contribution >= 0.6 is 23.2 Å². The maximum Gasteiger partial charge on any atom is 0.145 e. The van der Waals surface area contributed by atoms with Crippen molar-refractivity contribution in [3.05, 3.63) is 46.3 Å². The van der Waals surface area contributed by atoms with Gasteiger partial charge in [0.25, 0.3) is 0 Å². The monoisotopic (exact) mass is 308 g/mol. The average molecular weight is 309 g/mol. The fraction of sp³-hybridized carbons (Fsp3) is 0.0714.